The maximum atomic E-state index is 5.67. The molecule has 2 aromatic carbocycles. The number of nitrogens with zero attached hydrogens (tertiary/aromatic N) is 2. The molecule has 0 aromatic heterocycles. The van der Waals surface area contributed by atoms with Gasteiger partial charge in [0.05, 0.1) is 18.7 Å². The first kappa shape index (κ1) is 20.4. The molecule has 1 N–H and O–H groups in total. The van der Waals surface area contributed by atoms with Crippen LogP contribution in [0.25, 0.3) is 0 Å². The van der Waals surface area contributed by atoms with Crippen molar-refractivity contribution in [1.29, 1.82) is 0 Å². The number of aryl methyl sites for hydroxylation is 1. The molecule has 150 valence electrons. The third-order valence-electron chi connectivity index (χ3n) is 4.93. The van der Waals surface area contributed by atoms with Gasteiger partial charge in [0.1, 0.15) is 11.6 Å². The maximum Gasteiger partial charge on any atom is 0.124 e. The van der Waals surface area contributed by atoms with E-state index < -0.39 is 0 Å². The fourth-order valence-corrected chi connectivity index (χ4v) is 3.61. The predicted octanol–water partition coefficient (Wildman–Crippen LogP) is 4.74. The van der Waals surface area contributed by atoms with E-state index in [9.17, 15) is 0 Å². The lowest BCUT2D eigenvalue weighted by atomic mass is 10.0. The summed E-state index contributed by atoms with van der Waals surface area (Å²) in [5.41, 5.74) is 3.58. The van der Waals surface area contributed by atoms with E-state index in [4.69, 9.17) is 9.73 Å². The minimum absolute atomic E-state index is 0.0170. The van der Waals surface area contributed by atoms with Gasteiger partial charge in [-0.3, -0.25) is 4.99 Å². The molecule has 0 spiro atoms. The van der Waals surface area contributed by atoms with Gasteiger partial charge in [-0.25, -0.2) is 0 Å². The van der Waals surface area contributed by atoms with Crippen molar-refractivity contribution in [2.75, 3.05) is 20.2 Å². The van der Waals surface area contributed by atoms with Gasteiger partial charge in [-0.05, 0) is 52.3 Å². The van der Waals surface area contributed by atoms with Gasteiger partial charge in [0.25, 0.3) is 0 Å². The number of nitrogens with one attached hydrogen (secondary N) is 1. The smallest absolute Gasteiger partial charge is 0.124 e. The lowest BCUT2D eigenvalue weighted by Crippen LogP contribution is -2.39. The minimum Gasteiger partial charge on any atom is -0.496 e. The highest BCUT2D eigenvalue weighted by atomic mass is 16.5. The molecule has 1 aliphatic rings. The first-order valence-electron chi connectivity index (χ1n) is 10.1. The molecule has 2 aromatic rings. The molecular weight excluding hydrogens is 346 g/mol. The van der Waals surface area contributed by atoms with Crippen LogP contribution >= 0.6 is 0 Å². The average molecular weight is 380 g/mol. The molecule has 1 atom stereocenters. The van der Waals surface area contributed by atoms with Gasteiger partial charge in [0.15, 0.2) is 0 Å². The number of benzene rings is 2. The number of amidine groups is 1. The third-order valence-corrected chi connectivity index (χ3v) is 4.93. The zero-order valence-corrected chi connectivity index (χ0v) is 17.8. The monoisotopic (exact) mass is 379 g/mol. The second-order valence-corrected chi connectivity index (χ2v) is 8.53. The highest BCUT2D eigenvalue weighted by Gasteiger charge is 2.29. The Hall–Kier alpha value is -2.33. The molecule has 1 fully saturated rings. The average Bonchev–Trinajstić information content (AvgIpc) is 2.85. The highest BCUT2D eigenvalue weighted by molar-refractivity contribution is 5.90. The van der Waals surface area contributed by atoms with Crippen LogP contribution in [-0.2, 0) is 6.54 Å². The van der Waals surface area contributed by atoms with Crippen molar-refractivity contribution < 1.29 is 4.74 Å². The van der Waals surface area contributed by atoms with Crippen LogP contribution < -0.4 is 10.1 Å². The molecule has 0 bridgehead atoms. The first-order chi connectivity index (χ1) is 13.4. The molecule has 0 aliphatic carbocycles. The molecular formula is C24H33N3O. The summed E-state index contributed by atoms with van der Waals surface area (Å²) in [5, 5.41) is 3.72. The molecule has 0 amide bonds. The lowest BCUT2D eigenvalue weighted by molar-refractivity contribution is 0.393. The van der Waals surface area contributed by atoms with Gasteiger partial charge in [-0.15, -0.1) is 0 Å². The molecule has 1 heterocycles. The minimum atomic E-state index is -0.160. The van der Waals surface area contributed by atoms with Crippen molar-refractivity contribution in [1.82, 2.24) is 10.2 Å². The second kappa shape index (κ2) is 8.78. The Kier molecular flexibility index (Phi) is 6.40. The quantitative estimate of drug-likeness (QED) is 0.834. The van der Waals surface area contributed by atoms with Crippen LogP contribution in [0.1, 0.15) is 49.9 Å². The Morgan fingerprint density at radius 2 is 1.82 bits per heavy atom. The molecule has 0 saturated carbocycles. The number of hydrogen-bond donors (Lipinski definition) is 1. The van der Waals surface area contributed by atoms with E-state index in [1.54, 1.807) is 7.11 Å². The number of methoxy groups -OCH3 is 1. The van der Waals surface area contributed by atoms with E-state index >= 15 is 0 Å². The van der Waals surface area contributed by atoms with E-state index in [0.717, 1.165) is 43.2 Å². The second-order valence-electron chi connectivity index (χ2n) is 8.53. The Morgan fingerprint density at radius 3 is 2.50 bits per heavy atom. The molecule has 4 heteroatoms. The van der Waals surface area contributed by atoms with Crippen molar-refractivity contribution >= 4 is 5.84 Å². The van der Waals surface area contributed by atoms with Gasteiger partial charge >= 0.3 is 0 Å². The van der Waals surface area contributed by atoms with Crippen LogP contribution in [0.15, 0.2) is 53.5 Å². The van der Waals surface area contributed by atoms with Crippen LogP contribution in [0.3, 0.4) is 0 Å². The van der Waals surface area contributed by atoms with Crippen LogP contribution in [0.2, 0.25) is 0 Å². The zero-order valence-electron chi connectivity index (χ0n) is 17.8. The normalized spacial score (nSPS) is 19.5. The van der Waals surface area contributed by atoms with Crippen molar-refractivity contribution in [2.45, 2.75) is 52.2 Å². The van der Waals surface area contributed by atoms with Crippen molar-refractivity contribution in [3.63, 3.8) is 0 Å². The Bertz CT molecular complexity index is 805. The molecule has 0 radical (unpaired) electrons. The zero-order chi connectivity index (χ0) is 20.1. The van der Waals surface area contributed by atoms with Gasteiger partial charge < -0.3 is 15.0 Å². The van der Waals surface area contributed by atoms with Crippen LogP contribution in [0.5, 0.6) is 5.75 Å². The summed E-state index contributed by atoms with van der Waals surface area (Å²) in [6.07, 6.45) is 1.08. The molecule has 3 rings (SSSR count). The molecule has 1 unspecified atom stereocenters. The van der Waals surface area contributed by atoms with E-state index in [1.165, 1.54) is 11.1 Å². The largest absolute Gasteiger partial charge is 0.496 e. The van der Waals surface area contributed by atoms with Gasteiger partial charge in [-0.2, -0.15) is 0 Å². The van der Waals surface area contributed by atoms with Crippen molar-refractivity contribution in [3.8, 4) is 5.75 Å². The van der Waals surface area contributed by atoms with Crippen LogP contribution in [0, 0.1) is 6.92 Å². The summed E-state index contributed by atoms with van der Waals surface area (Å²) in [6.45, 7) is 11.4. The van der Waals surface area contributed by atoms with E-state index in [0.29, 0.717) is 0 Å². The van der Waals surface area contributed by atoms with E-state index in [-0.39, 0.29) is 11.6 Å². The van der Waals surface area contributed by atoms with Crippen LogP contribution in [0.4, 0.5) is 0 Å². The number of aliphatic imine (C=N–C) groups is 1. The lowest BCUT2D eigenvalue weighted by Gasteiger charge is -2.32. The number of para-hydroxylation sites is 1. The van der Waals surface area contributed by atoms with Gasteiger partial charge in [0, 0.05) is 18.7 Å². The van der Waals surface area contributed by atoms with E-state index in [2.05, 4.69) is 74.3 Å². The Labute approximate surface area is 169 Å². The third kappa shape index (κ3) is 5.14. The summed E-state index contributed by atoms with van der Waals surface area (Å²) >= 11 is 0. The predicted molar refractivity (Wildman–Crippen MR) is 117 cm³/mol. The summed E-state index contributed by atoms with van der Waals surface area (Å²) < 4.78 is 5.67. The SMILES string of the molecule is COc1ccccc1C1NCCCN(Cc2ccc(C)cc2)C1=NC(C)(C)C. The molecule has 28 heavy (non-hydrogen) atoms. The Balaban J connectivity index is 2.02. The number of hydrogen-bond acceptors (Lipinski definition) is 3. The fourth-order valence-electron chi connectivity index (χ4n) is 3.61. The fraction of sp³-hybridized carbons (Fsp3) is 0.458. The van der Waals surface area contributed by atoms with Gasteiger partial charge in [-0.1, -0.05) is 48.0 Å². The van der Waals surface area contributed by atoms with Crippen molar-refractivity contribution in [3.05, 3.63) is 65.2 Å². The maximum absolute atomic E-state index is 5.67. The number of rotatable bonds is 4. The summed E-state index contributed by atoms with van der Waals surface area (Å²) in [4.78, 5) is 7.62. The topological polar surface area (TPSA) is 36.9 Å². The van der Waals surface area contributed by atoms with Crippen molar-refractivity contribution in [2.24, 2.45) is 4.99 Å². The summed E-state index contributed by atoms with van der Waals surface area (Å²) in [7, 11) is 1.74. The Morgan fingerprint density at radius 1 is 1.11 bits per heavy atom. The van der Waals surface area contributed by atoms with Crippen LogP contribution in [-0.4, -0.2) is 36.5 Å². The first-order valence-corrected chi connectivity index (χ1v) is 10.1. The molecule has 4 nitrogen and oxygen atoms in total. The summed E-state index contributed by atoms with van der Waals surface area (Å²) in [5.74, 6) is 1.99. The van der Waals surface area contributed by atoms with Gasteiger partial charge in [0.2, 0.25) is 0 Å². The number of ether oxygens (including phenoxy) is 1. The molecule has 1 saturated heterocycles. The summed E-state index contributed by atoms with van der Waals surface area (Å²) in [6, 6.07) is 17.1. The van der Waals surface area contributed by atoms with E-state index in [1.807, 2.05) is 12.1 Å². The standard InChI is InChI=1S/C24H33N3O/c1-18-11-13-19(14-12-18)17-27-16-8-15-25-22(23(27)26-24(2,3)4)20-9-6-7-10-21(20)28-5/h6-7,9-14,22,25H,8,15-17H2,1-5H3. The molecule has 1 aliphatic heterocycles. The highest BCUT2D eigenvalue weighted by Crippen LogP contribution is 2.30.